The molecular weight excluding hydrogens is 294 g/mol. The number of carbonyl (C=O) groups is 1. The molecule has 2 aliphatic rings. The lowest BCUT2D eigenvalue weighted by Gasteiger charge is -2.19. The smallest absolute Gasteiger partial charge is 0.259 e. The van der Waals surface area contributed by atoms with Crippen molar-refractivity contribution >= 4 is 17.4 Å². The predicted molar refractivity (Wildman–Crippen MR) is 86.2 cm³/mol. The molecule has 1 aromatic heterocycles. The van der Waals surface area contributed by atoms with Gasteiger partial charge in [0.15, 0.2) is 11.5 Å². The molecule has 3 heterocycles. The maximum Gasteiger partial charge on any atom is 0.259 e. The lowest BCUT2D eigenvalue weighted by Crippen LogP contribution is -2.24. The molecule has 4 rings (SSSR count). The van der Waals surface area contributed by atoms with Crippen LogP contribution in [0, 0.1) is 0 Å². The molecule has 0 spiro atoms. The number of aromatic nitrogens is 1. The molecule has 0 aliphatic carbocycles. The number of pyridine rings is 1. The van der Waals surface area contributed by atoms with Gasteiger partial charge in [-0.15, -0.1) is 0 Å². The number of amides is 1. The minimum Gasteiger partial charge on any atom is -0.454 e. The second-order valence-corrected chi connectivity index (χ2v) is 5.59. The van der Waals surface area contributed by atoms with Crippen molar-refractivity contribution in [3.63, 3.8) is 0 Å². The fraction of sp³-hybridized carbons (Fsp3) is 0.294. The Labute approximate surface area is 134 Å². The van der Waals surface area contributed by atoms with Crippen LogP contribution < -0.4 is 19.7 Å². The number of anilines is 2. The van der Waals surface area contributed by atoms with E-state index in [4.69, 9.17) is 9.47 Å². The Morgan fingerprint density at radius 1 is 1.13 bits per heavy atom. The van der Waals surface area contributed by atoms with Gasteiger partial charge in [0.2, 0.25) is 6.79 Å². The topological polar surface area (TPSA) is 63.7 Å². The zero-order valence-electron chi connectivity index (χ0n) is 12.6. The number of ether oxygens (including phenoxy) is 2. The van der Waals surface area contributed by atoms with E-state index >= 15 is 0 Å². The molecule has 118 valence electrons. The van der Waals surface area contributed by atoms with E-state index in [1.54, 1.807) is 30.5 Å². The van der Waals surface area contributed by atoms with Crippen molar-refractivity contribution in [2.45, 2.75) is 12.8 Å². The van der Waals surface area contributed by atoms with Gasteiger partial charge in [-0.3, -0.25) is 4.79 Å². The van der Waals surface area contributed by atoms with Gasteiger partial charge >= 0.3 is 0 Å². The lowest BCUT2D eigenvalue weighted by atomic mass is 10.2. The van der Waals surface area contributed by atoms with Crippen molar-refractivity contribution in [3.05, 3.63) is 42.1 Å². The van der Waals surface area contributed by atoms with E-state index < -0.39 is 0 Å². The van der Waals surface area contributed by atoms with Crippen LogP contribution in [0.25, 0.3) is 0 Å². The number of fused-ring (bicyclic) bond motifs is 1. The van der Waals surface area contributed by atoms with Crippen LogP contribution >= 0.6 is 0 Å². The number of nitrogens with zero attached hydrogens (tertiary/aromatic N) is 2. The van der Waals surface area contributed by atoms with Crippen LogP contribution in [0.2, 0.25) is 0 Å². The van der Waals surface area contributed by atoms with Gasteiger partial charge < -0.3 is 19.7 Å². The first-order chi connectivity index (χ1) is 11.3. The molecule has 2 aliphatic heterocycles. The second kappa shape index (κ2) is 5.79. The zero-order chi connectivity index (χ0) is 15.6. The Morgan fingerprint density at radius 2 is 1.96 bits per heavy atom. The molecule has 0 bridgehead atoms. The maximum absolute atomic E-state index is 12.6. The fourth-order valence-electron chi connectivity index (χ4n) is 2.93. The molecule has 0 saturated carbocycles. The van der Waals surface area contributed by atoms with Gasteiger partial charge in [0, 0.05) is 31.0 Å². The summed E-state index contributed by atoms with van der Waals surface area (Å²) in [7, 11) is 0. The Bertz CT molecular complexity index is 742. The van der Waals surface area contributed by atoms with Crippen LogP contribution in [0.15, 0.2) is 36.5 Å². The SMILES string of the molecule is O=C(Nc1ccc2c(c1)OCO2)c1cccnc1N1CCCC1. The Kier molecular flexibility index (Phi) is 3.49. The van der Waals surface area contributed by atoms with E-state index in [-0.39, 0.29) is 12.7 Å². The Balaban J connectivity index is 1.57. The number of benzene rings is 1. The van der Waals surface area contributed by atoms with Crippen molar-refractivity contribution in [1.29, 1.82) is 0 Å². The highest BCUT2D eigenvalue weighted by atomic mass is 16.7. The van der Waals surface area contributed by atoms with Crippen LogP contribution in [0.1, 0.15) is 23.2 Å². The van der Waals surface area contributed by atoms with E-state index in [0.29, 0.717) is 22.7 Å². The summed E-state index contributed by atoms with van der Waals surface area (Å²) < 4.78 is 10.6. The van der Waals surface area contributed by atoms with Gasteiger partial charge in [0.1, 0.15) is 5.82 Å². The zero-order valence-corrected chi connectivity index (χ0v) is 12.6. The van der Waals surface area contributed by atoms with Crippen LogP contribution in [0.5, 0.6) is 11.5 Å². The van der Waals surface area contributed by atoms with E-state index in [1.165, 1.54) is 0 Å². The molecule has 1 amide bonds. The molecule has 0 atom stereocenters. The van der Waals surface area contributed by atoms with Gasteiger partial charge in [0.25, 0.3) is 5.91 Å². The standard InChI is InChI=1S/C17H17N3O3/c21-17(19-12-5-6-14-15(10-12)23-11-22-14)13-4-3-7-18-16(13)20-8-1-2-9-20/h3-7,10H,1-2,8-9,11H2,(H,19,21). The van der Waals surface area contributed by atoms with Crippen molar-refractivity contribution < 1.29 is 14.3 Å². The third-order valence-corrected chi connectivity index (χ3v) is 4.07. The molecule has 23 heavy (non-hydrogen) atoms. The average molecular weight is 311 g/mol. The van der Waals surface area contributed by atoms with Gasteiger partial charge in [-0.05, 0) is 37.1 Å². The lowest BCUT2D eigenvalue weighted by molar-refractivity contribution is 0.102. The normalized spacial score (nSPS) is 15.7. The molecule has 6 nitrogen and oxygen atoms in total. The van der Waals surface area contributed by atoms with Gasteiger partial charge in [-0.1, -0.05) is 0 Å². The molecule has 1 aromatic carbocycles. The summed E-state index contributed by atoms with van der Waals surface area (Å²) in [5.41, 5.74) is 1.27. The quantitative estimate of drug-likeness (QED) is 0.944. The predicted octanol–water partition coefficient (Wildman–Crippen LogP) is 2.66. The Hall–Kier alpha value is -2.76. The molecule has 0 radical (unpaired) electrons. The number of carbonyl (C=O) groups excluding carboxylic acids is 1. The summed E-state index contributed by atoms with van der Waals surface area (Å²) in [6, 6.07) is 8.96. The molecule has 1 saturated heterocycles. The number of hydrogen-bond acceptors (Lipinski definition) is 5. The minimum atomic E-state index is -0.168. The summed E-state index contributed by atoms with van der Waals surface area (Å²) >= 11 is 0. The largest absolute Gasteiger partial charge is 0.454 e. The fourth-order valence-corrected chi connectivity index (χ4v) is 2.93. The third kappa shape index (κ3) is 2.67. The molecule has 6 heteroatoms. The van der Waals surface area contributed by atoms with E-state index in [1.807, 2.05) is 6.07 Å². The molecule has 1 fully saturated rings. The average Bonchev–Trinajstić information content (AvgIpc) is 3.26. The first-order valence-electron chi connectivity index (χ1n) is 7.72. The summed E-state index contributed by atoms with van der Waals surface area (Å²) in [6.07, 6.45) is 4.00. The van der Waals surface area contributed by atoms with Gasteiger partial charge in [-0.25, -0.2) is 4.98 Å². The first-order valence-corrected chi connectivity index (χ1v) is 7.72. The highest BCUT2D eigenvalue weighted by Gasteiger charge is 2.21. The van der Waals surface area contributed by atoms with Crippen LogP contribution in [-0.2, 0) is 0 Å². The van der Waals surface area contributed by atoms with Gasteiger partial charge in [-0.2, -0.15) is 0 Å². The highest BCUT2D eigenvalue weighted by Crippen LogP contribution is 2.34. The van der Waals surface area contributed by atoms with Crippen LogP contribution in [0.4, 0.5) is 11.5 Å². The summed E-state index contributed by atoms with van der Waals surface area (Å²) in [4.78, 5) is 19.2. The van der Waals surface area contributed by atoms with E-state index in [0.717, 1.165) is 31.7 Å². The monoisotopic (exact) mass is 311 g/mol. The highest BCUT2D eigenvalue weighted by molar-refractivity contribution is 6.07. The van der Waals surface area contributed by atoms with Crippen molar-refractivity contribution in [2.24, 2.45) is 0 Å². The summed E-state index contributed by atoms with van der Waals surface area (Å²) in [6.45, 7) is 2.11. The molecule has 1 N–H and O–H groups in total. The van der Waals surface area contributed by atoms with E-state index in [2.05, 4.69) is 15.2 Å². The van der Waals surface area contributed by atoms with E-state index in [9.17, 15) is 4.79 Å². The first kappa shape index (κ1) is 13.9. The van der Waals surface area contributed by atoms with Crippen molar-refractivity contribution in [2.75, 3.05) is 30.1 Å². The molecular formula is C17H17N3O3. The van der Waals surface area contributed by atoms with Crippen LogP contribution in [-0.4, -0.2) is 30.8 Å². The summed E-state index contributed by atoms with van der Waals surface area (Å²) in [5.74, 6) is 1.93. The number of hydrogen-bond donors (Lipinski definition) is 1. The van der Waals surface area contributed by atoms with Gasteiger partial charge in [0.05, 0.1) is 5.56 Å². The Morgan fingerprint density at radius 3 is 2.83 bits per heavy atom. The number of nitrogens with one attached hydrogen (secondary N) is 1. The molecule has 0 unspecified atom stereocenters. The maximum atomic E-state index is 12.6. The summed E-state index contributed by atoms with van der Waals surface area (Å²) in [5, 5.41) is 2.91. The minimum absolute atomic E-state index is 0.168. The van der Waals surface area contributed by atoms with Crippen molar-refractivity contribution in [1.82, 2.24) is 4.98 Å². The van der Waals surface area contributed by atoms with Crippen LogP contribution in [0.3, 0.4) is 0 Å². The third-order valence-electron chi connectivity index (χ3n) is 4.07. The van der Waals surface area contributed by atoms with Crippen molar-refractivity contribution in [3.8, 4) is 11.5 Å². The number of rotatable bonds is 3. The second-order valence-electron chi connectivity index (χ2n) is 5.59. The molecule has 2 aromatic rings.